The van der Waals surface area contributed by atoms with Gasteiger partial charge in [0, 0.05) is 11.1 Å². The van der Waals surface area contributed by atoms with Crippen LogP contribution in [0.1, 0.15) is 5.56 Å². The van der Waals surface area contributed by atoms with Crippen molar-refractivity contribution in [1.82, 2.24) is 0 Å². The van der Waals surface area contributed by atoms with Crippen LogP contribution in [-0.4, -0.2) is 12.2 Å². The Balaban J connectivity index is 1.69. The van der Waals surface area contributed by atoms with E-state index in [0.717, 1.165) is 49.7 Å². The number of rotatable bonds is 5. The first-order valence-electron chi connectivity index (χ1n) is 10.2. The first-order chi connectivity index (χ1) is 15.2. The van der Waals surface area contributed by atoms with Gasteiger partial charge in [0.15, 0.2) is 0 Å². The lowest BCUT2D eigenvalue weighted by molar-refractivity contribution is 0.306. The Morgan fingerprint density at radius 2 is 1.35 bits per heavy atom. The molecule has 0 aromatic heterocycles. The molecule has 0 aliphatic rings. The Kier molecular flexibility index (Phi) is 4.93. The fourth-order valence-electron chi connectivity index (χ4n) is 4.08. The zero-order valence-corrected chi connectivity index (χ0v) is 17.2. The number of hydrogen-bond acceptors (Lipinski definition) is 3. The number of fused-ring (bicyclic) bond motifs is 2. The predicted octanol–water partition coefficient (Wildman–Crippen LogP) is 6.95. The van der Waals surface area contributed by atoms with Crippen molar-refractivity contribution in [2.24, 2.45) is 0 Å². The topological polar surface area (TPSA) is 38.7 Å². The molecule has 0 bridgehead atoms. The summed E-state index contributed by atoms with van der Waals surface area (Å²) in [5.74, 6) is 1.76. The van der Waals surface area contributed by atoms with E-state index in [4.69, 9.17) is 9.47 Å². The minimum atomic E-state index is 0.237. The van der Waals surface area contributed by atoms with Gasteiger partial charge in [0.05, 0.1) is 7.11 Å². The predicted molar refractivity (Wildman–Crippen MR) is 126 cm³/mol. The molecule has 31 heavy (non-hydrogen) atoms. The average molecular weight is 406 g/mol. The maximum atomic E-state index is 10.9. The van der Waals surface area contributed by atoms with Gasteiger partial charge in [-0.1, -0.05) is 72.8 Å². The van der Waals surface area contributed by atoms with E-state index in [1.54, 1.807) is 13.2 Å². The molecule has 0 unspecified atom stereocenters. The summed E-state index contributed by atoms with van der Waals surface area (Å²) in [5.41, 5.74) is 2.70. The lowest BCUT2D eigenvalue weighted by Crippen LogP contribution is -1.98. The second-order valence-corrected chi connectivity index (χ2v) is 7.48. The van der Waals surface area contributed by atoms with Crippen LogP contribution in [-0.2, 0) is 6.61 Å². The monoisotopic (exact) mass is 406 g/mol. The van der Waals surface area contributed by atoms with Crippen LogP contribution >= 0.6 is 0 Å². The number of benzene rings is 5. The number of phenolic OH excluding ortho intramolecular Hbond substituents is 1. The molecular formula is C28H22O3. The first kappa shape index (κ1) is 19.0. The molecule has 0 aliphatic heterocycles. The summed E-state index contributed by atoms with van der Waals surface area (Å²) in [6.07, 6.45) is 0. The molecule has 0 spiro atoms. The van der Waals surface area contributed by atoms with Gasteiger partial charge in [-0.05, 0) is 51.4 Å². The number of hydrogen-bond donors (Lipinski definition) is 1. The van der Waals surface area contributed by atoms with Crippen LogP contribution in [0.25, 0.3) is 32.7 Å². The first-order valence-corrected chi connectivity index (χ1v) is 10.2. The maximum absolute atomic E-state index is 10.9. The van der Waals surface area contributed by atoms with Crippen molar-refractivity contribution in [1.29, 1.82) is 0 Å². The van der Waals surface area contributed by atoms with Gasteiger partial charge in [0.25, 0.3) is 0 Å². The van der Waals surface area contributed by atoms with E-state index < -0.39 is 0 Å². The Bertz CT molecular complexity index is 1390. The van der Waals surface area contributed by atoms with E-state index in [9.17, 15) is 5.11 Å². The summed E-state index contributed by atoms with van der Waals surface area (Å²) in [6, 6.07) is 31.9. The highest BCUT2D eigenvalue weighted by Crippen LogP contribution is 2.45. The van der Waals surface area contributed by atoms with Gasteiger partial charge in [-0.2, -0.15) is 0 Å². The lowest BCUT2D eigenvalue weighted by Gasteiger charge is -2.17. The normalized spacial score (nSPS) is 11.0. The van der Waals surface area contributed by atoms with E-state index in [2.05, 4.69) is 24.3 Å². The number of aromatic hydroxyl groups is 1. The smallest absolute Gasteiger partial charge is 0.128 e. The van der Waals surface area contributed by atoms with Gasteiger partial charge in [0.1, 0.15) is 23.9 Å². The van der Waals surface area contributed by atoms with Crippen molar-refractivity contribution >= 4 is 21.5 Å². The zero-order valence-electron chi connectivity index (χ0n) is 17.2. The molecule has 0 saturated carbocycles. The van der Waals surface area contributed by atoms with Gasteiger partial charge in [-0.3, -0.25) is 0 Å². The molecule has 0 fully saturated rings. The number of methoxy groups -OCH3 is 1. The molecule has 0 atom stereocenters. The third-order valence-electron chi connectivity index (χ3n) is 5.58. The minimum Gasteiger partial charge on any atom is -0.507 e. The van der Waals surface area contributed by atoms with E-state index in [1.807, 2.05) is 66.7 Å². The molecule has 1 N–H and O–H groups in total. The van der Waals surface area contributed by atoms with Crippen molar-refractivity contribution in [3.63, 3.8) is 0 Å². The molecule has 3 heteroatoms. The Hall–Kier alpha value is -3.98. The highest BCUT2D eigenvalue weighted by Gasteiger charge is 2.18. The van der Waals surface area contributed by atoms with Crippen molar-refractivity contribution in [3.05, 3.63) is 103 Å². The van der Waals surface area contributed by atoms with Gasteiger partial charge >= 0.3 is 0 Å². The second kappa shape index (κ2) is 8.04. The fraction of sp³-hybridized carbons (Fsp3) is 0.0714. The van der Waals surface area contributed by atoms with E-state index in [1.165, 1.54) is 0 Å². The molecule has 0 heterocycles. The second-order valence-electron chi connectivity index (χ2n) is 7.48. The van der Waals surface area contributed by atoms with Crippen LogP contribution in [0.5, 0.6) is 17.2 Å². The quantitative estimate of drug-likeness (QED) is 0.343. The molecular weight excluding hydrogens is 384 g/mol. The van der Waals surface area contributed by atoms with Crippen LogP contribution in [0.3, 0.4) is 0 Å². The third kappa shape index (κ3) is 3.55. The SMILES string of the molecule is COc1cccc(COc2ccc3ccccc3c2-c2c(O)ccc3ccccc23)c1. The molecule has 0 aliphatic carbocycles. The third-order valence-corrected chi connectivity index (χ3v) is 5.58. The molecule has 3 nitrogen and oxygen atoms in total. The van der Waals surface area contributed by atoms with Crippen LogP contribution in [0, 0.1) is 0 Å². The fourth-order valence-corrected chi connectivity index (χ4v) is 4.08. The molecule has 5 aromatic carbocycles. The molecule has 0 amide bonds. The summed E-state index contributed by atoms with van der Waals surface area (Å²) >= 11 is 0. The Morgan fingerprint density at radius 3 is 2.10 bits per heavy atom. The summed E-state index contributed by atoms with van der Waals surface area (Å²) in [5, 5.41) is 15.1. The maximum Gasteiger partial charge on any atom is 0.128 e. The summed E-state index contributed by atoms with van der Waals surface area (Å²) in [4.78, 5) is 0. The minimum absolute atomic E-state index is 0.237. The van der Waals surface area contributed by atoms with Gasteiger partial charge in [-0.15, -0.1) is 0 Å². The standard InChI is InChI=1S/C28H22O3/c1-30-22-10-6-7-19(17-22)18-31-26-16-14-21-9-3-5-12-24(21)28(26)27-23-11-4-2-8-20(23)13-15-25(27)29/h2-17,29H,18H2,1H3. The van der Waals surface area contributed by atoms with Crippen LogP contribution < -0.4 is 9.47 Å². The summed E-state index contributed by atoms with van der Waals surface area (Å²) < 4.78 is 11.7. The van der Waals surface area contributed by atoms with Gasteiger partial charge in [0.2, 0.25) is 0 Å². The van der Waals surface area contributed by atoms with E-state index >= 15 is 0 Å². The van der Waals surface area contributed by atoms with Gasteiger partial charge < -0.3 is 14.6 Å². The molecule has 0 radical (unpaired) electrons. The molecule has 5 aromatic rings. The van der Waals surface area contributed by atoms with Crippen LogP contribution in [0.2, 0.25) is 0 Å². The average Bonchev–Trinajstić information content (AvgIpc) is 2.83. The Labute approximate surface area is 181 Å². The Morgan fingerprint density at radius 1 is 0.677 bits per heavy atom. The van der Waals surface area contributed by atoms with Gasteiger partial charge in [-0.25, -0.2) is 0 Å². The van der Waals surface area contributed by atoms with E-state index in [0.29, 0.717) is 6.61 Å². The number of phenols is 1. The highest BCUT2D eigenvalue weighted by atomic mass is 16.5. The molecule has 5 rings (SSSR count). The molecule has 0 saturated heterocycles. The largest absolute Gasteiger partial charge is 0.507 e. The summed E-state index contributed by atoms with van der Waals surface area (Å²) in [7, 11) is 1.66. The summed E-state index contributed by atoms with van der Waals surface area (Å²) in [6.45, 7) is 0.397. The zero-order chi connectivity index (χ0) is 21.2. The van der Waals surface area contributed by atoms with Crippen LogP contribution in [0.15, 0.2) is 97.1 Å². The number of ether oxygens (including phenoxy) is 2. The van der Waals surface area contributed by atoms with Crippen molar-refractivity contribution in [2.45, 2.75) is 6.61 Å². The van der Waals surface area contributed by atoms with Crippen LogP contribution in [0.4, 0.5) is 0 Å². The van der Waals surface area contributed by atoms with Crippen molar-refractivity contribution in [3.8, 4) is 28.4 Å². The van der Waals surface area contributed by atoms with Crippen molar-refractivity contribution < 1.29 is 14.6 Å². The van der Waals surface area contributed by atoms with Crippen molar-refractivity contribution in [2.75, 3.05) is 7.11 Å². The molecule has 152 valence electrons. The van der Waals surface area contributed by atoms with E-state index in [-0.39, 0.29) is 5.75 Å². The lowest BCUT2D eigenvalue weighted by atomic mass is 9.92. The highest BCUT2D eigenvalue weighted by molar-refractivity contribution is 6.09.